The highest BCUT2D eigenvalue weighted by Gasteiger charge is 2.23. The van der Waals surface area contributed by atoms with Crippen LogP contribution in [0.5, 0.6) is 0 Å². The molecule has 134 valence electrons. The van der Waals surface area contributed by atoms with Gasteiger partial charge in [0, 0.05) is 35.4 Å². The van der Waals surface area contributed by atoms with Gasteiger partial charge in [0.1, 0.15) is 5.82 Å². The third kappa shape index (κ3) is 6.02. The lowest BCUT2D eigenvalue weighted by molar-refractivity contribution is -0.119. The summed E-state index contributed by atoms with van der Waals surface area (Å²) >= 11 is 4.66. The molecule has 24 heavy (non-hydrogen) atoms. The van der Waals surface area contributed by atoms with Crippen molar-refractivity contribution in [2.75, 3.05) is 32.1 Å². The molecule has 2 atom stereocenters. The SMILES string of the molecule is CC(CNC(=O)CSCc1ccc(Br)cc1F)N1CCOCC1C. The average Bonchev–Trinajstić information content (AvgIpc) is 2.55. The van der Waals surface area contributed by atoms with Crippen LogP contribution < -0.4 is 5.32 Å². The molecule has 1 heterocycles. The Kier molecular flexibility index (Phi) is 8.00. The first-order valence-electron chi connectivity index (χ1n) is 8.09. The van der Waals surface area contributed by atoms with Crippen LogP contribution in [0.15, 0.2) is 22.7 Å². The summed E-state index contributed by atoms with van der Waals surface area (Å²) in [4.78, 5) is 14.3. The number of ether oxygens (including phenoxy) is 1. The largest absolute Gasteiger partial charge is 0.379 e. The summed E-state index contributed by atoms with van der Waals surface area (Å²) in [6.07, 6.45) is 0. The maximum atomic E-state index is 13.7. The Labute approximate surface area is 155 Å². The molecule has 4 nitrogen and oxygen atoms in total. The molecule has 1 aromatic carbocycles. The number of carbonyl (C=O) groups is 1. The second-order valence-electron chi connectivity index (χ2n) is 6.04. The molecule has 0 radical (unpaired) electrons. The van der Waals surface area contributed by atoms with Crippen molar-refractivity contribution in [2.24, 2.45) is 0 Å². The Hall–Kier alpha value is -0.630. The monoisotopic (exact) mass is 418 g/mol. The van der Waals surface area contributed by atoms with Crippen LogP contribution in [-0.2, 0) is 15.3 Å². The summed E-state index contributed by atoms with van der Waals surface area (Å²) in [6, 6.07) is 5.65. The van der Waals surface area contributed by atoms with E-state index in [1.807, 2.05) is 6.07 Å². The standard InChI is InChI=1S/C17H24BrFN2O2S/c1-12(21-5-6-23-9-13(21)2)8-20-17(22)11-24-10-14-3-4-15(18)7-16(14)19/h3-4,7,12-13H,5-6,8-11H2,1-2H3,(H,20,22). The Morgan fingerprint density at radius 1 is 1.58 bits per heavy atom. The van der Waals surface area contributed by atoms with Crippen LogP contribution >= 0.6 is 27.7 Å². The van der Waals surface area contributed by atoms with E-state index in [2.05, 4.69) is 40.0 Å². The normalized spacial score (nSPS) is 19.9. The van der Waals surface area contributed by atoms with Crippen LogP contribution in [-0.4, -0.2) is 54.9 Å². The van der Waals surface area contributed by atoms with Crippen LogP contribution in [0.2, 0.25) is 0 Å². The van der Waals surface area contributed by atoms with Crippen molar-refractivity contribution in [3.8, 4) is 0 Å². The highest BCUT2D eigenvalue weighted by atomic mass is 79.9. The van der Waals surface area contributed by atoms with Gasteiger partial charge in [0.05, 0.1) is 19.0 Å². The number of benzene rings is 1. The van der Waals surface area contributed by atoms with E-state index in [0.717, 1.165) is 24.2 Å². The molecule has 0 spiro atoms. The fourth-order valence-corrected chi connectivity index (χ4v) is 3.89. The minimum Gasteiger partial charge on any atom is -0.379 e. The van der Waals surface area contributed by atoms with Crippen molar-refractivity contribution in [2.45, 2.75) is 31.7 Å². The number of thioether (sulfide) groups is 1. The van der Waals surface area contributed by atoms with Crippen molar-refractivity contribution in [1.82, 2.24) is 10.2 Å². The molecule has 0 aliphatic carbocycles. The number of rotatable bonds is 7. The Balaban J connectivity index is 1.67. The van der Waals surface area contributed by atoms with Gasteiger partial charge >= 0.3 is 0 Å². The third-order valence-electron chi connectivity index (χ3n) is 4.09. The summed E-state index contributed by atoms with van der Waals surface area (Å²) in [7, 11) is 0. The molecular weight excluding hydrogens is 395 g/mol. The predicted octanol–water partition coefficient (Wildman–Crippen LogP) is 3.05. The van der Waals surface area contributed by atoms with Crippen molar-refractivity contribution < 1.29 is 13.9 Å². The van der Waals surface area contributed by atoms with Crippen LogP contribution in [0.25, 0.3) is 0 Å². The van der Waals surface area contributed by atoms with Crippen molar-refractivity contribution in [3.63, 3.8) is 0 Å². The van der Waals surface area contributed by atoms with E-state index < -0.39 is 0 Å². The van der Waals surface area contributed by atoms with Crippen molar-refractivity contribution >= 4 is 33.6 Å². The van der Waals surface area contributed by atoms with Crippen molar-refractivity contribution in [3.05, 3.63) is 34.1 Å². The molecule has 2 rings (SSSR count). The van der Waals surface area contributed by atoms with Gasteiger partial charge in [-0.3, -0.25) is 9.69 Å². The van der Waals surface area contributed by atoms with E-state index in [9.17, 15) is 9.18 Å². The number of halogens is 2. The van der Waals surface area contributed by atoms with Gasteiger partial charge in [-0.05, 0) is 31.5 Å². The predicted molar refractivity (Wildman–Crippen MR) is 99.7 cm³/mol. The van der Waals surface area contributed by atoms with E-state index in [1.165, 1.54) is 17.8 Å². The molecule has 2 unspecified atom stereocenters. The molecule has 7 heteroatoms. The lowest BCUT2D eigenvalue weighted by Gasteiger charge is -2.37. The van der Waals surface area contributed by atoms with E-state index >= 15 is 0 Å². The number of carbonyl (C=O) groups excluding carboxylic acids is 1. The fourth-order valence-electron chi connectivity index (χ4n) is 2.72. The number of hydrogen-bond acceptors (Lipinski definition) is 4. The summed E-state index contributed by atoms with van der Waals surface area (Å²) in [5, 5.41) is 2.97. The number of morpholine rings is 1. The minimum absolute atomic E-state index is 0.00900. The molecule has 1 aliphatic rings. The maximum Gasteiger partial charge on any atom is 0.230 e. The van der Waals surface area contributed by atoms with Crippen molar-refractivity contribution in [1.29, 1.82) is 0 Å². The van der Waals surface area contributed by atoms with Crippen LogP contribution in [0.4, 0.5) is 4.39 Å². The van der Waals surface area contributed by atoms with Gasteiger partial charge in [0.25, 0.3) is 0 Å². The molecule has 0 bridgehead atoms. The van der Waals surface area contributed by atoms with Crippen LogP contribution in [0, 0.1) is 5.82 Å². The van der Waals surface area contributed by atoms with Crippen LogP contribution in [0.1, 0.15) is 19.4 Å². The lowest BCUT2D eigenvalue weighted by atomic mass is 10.2. The van der Waals surface area contributed by atoms with E-state index in [1.54, 1.807) is 6.07 Å². The highest BCUT2D eigenvalue weighted by molar-refractivity contribution is 9.10. The van der Waals surface area contributed by atoms with Gasteiger partial charge in [-0.1, -0.05) is 22.0 Å². The van der Waals surface area contributed by atoms with Gasteiger partial charge in [-0.25, -0.2) is 4.39 Å². The van der Waals surface area contributed by atoms with Gasteiger partial charge in [-0.15, -0.1) is 11.8 Å². The maximum absolute atomic E-state index is 13.7. The minimum atomic E-state index is -0.243. The molecule has 1 aromatic rings. The van der Waals surface area contributed by atoms with Crippen LogP contribution in [0.3, 0.4) is 0 Å². The van der Waals surface area contributed by atoms with Gasteiger partial charge in [0.15, 0.2) is 0 Å². The Morgan fingerprint density at radius 3 is 3.08 bits per heavy atom. The fraction of sp³-hybridized carbons (Fsp3) is 0.588. The summed E-state index contributed by atoms with van der Waals surface area (Å²) in [6.45, 7) is 7.27. The molecule has 1 fully saturated rings. The first-order chi connectivity index (χ1) is 11.5. The number of amides is 1. The molecule has 1 N–H and O–H groups in total. The topological polar surface area (TPSA) is 41.6 Å². The summed E-state index contributed by atoms with van der Waals surface area (Å²) in [5.74, 6) is 0.571. The molecule has 1 aliphatic heterocycles. The first-order valence-corrected chi connectivity index (χ1v) is 10.0. The average molecular weight is 419 g/mol. The van der Waals surface area contributed by atoms with Gasteiger partial charge in [-0.2, -0.15) is 0 Å². The van der Waals surface area contributed by atoms with Gasteiger partial charge in [0.2, 0.25) is 5.91 Å². The summed E-state index contributed by atoms with van der Waals surface area (Å²) < 4.78 is 19.9. The zero-order chi connectivity index (χ0) is 17.5. The Bertz CT molecular complexity index is 561. The quantitative estimate of drug-likeness (QED) is 0.738. The Morgan fingerprint density at radius 2 is 2.38 bits per heavy atom. The van der Waals surface area contributed by atoms with E-state index in [4.69, 9.17) is 4.74 Å². The van der Waals surface area contributed by atoms with E-state index in [0.29, 0.717) is 29.7 Å². The smallest absolute Gasteiger partial charge is 0.230 e. The van der Waals surface area contributed by atoms with Gasteiger partial charge < -0.3 is 10.1 Å². The van der Waals surface area contributed by atoms with E-state index in [-0.39, 0.29) is 17.8 Å². The number of hydrogen-bond donors (Lipinski definition) is 1. The lowest BCUT2D eigenvalue weighted by Crippen LogP contribution is -2.52. The first kappa shape index (κ1) is 19.7. The second-order valence-corrected chi connectivity index (χ2v) is 7.94. The number of nitrogens with one attached hydrogen (secondary N) is 1. The second kappa shape index (κ2) is 9.75. The molecule has 0 aromatic heterocycles. The molecular formula is C17H24BrFN2O2S. The number of nitrogens with zero attached hydrogens (tertiary/aromatic N) is 1. The molecule has 0 saturated carbocycles. The highest BCUT2D eigenvalue weighted by Crippen LogP contribution is 2.19. The third-order valence-corrected chi connectivity index (χ3v) is 5.56. The molecule has 1 saturated heterocycles. The summed E-state index contributed by atoms with van der Waals surface area (Å²) in [5.41, 5.74) is 0.617. The molecule has 1 amide bonds. The zero-order valence-corrected chi connectivity index (χ0v) is 16.5. The zero-order valence-electron chi connectivity index (χ0n) is 14.1.